The van der Waals surface area contributed by atoms with Gasteiger partial charge in [0.05, 0.1) is 13.4 Å². The van der Waals surface area contributed by atoms with Crippen molar-refractivity contribution >= 4 is 17.1 Å². The molecule has 1 aliphatic heterocycles. The number of methoxy groups -OCH3 is 1. The van der Waals surface area contributed by atoms with Crippen molar-refractivity contribution in [1.82, 2.24) is 19.5 Å². The molecule has 0 spiro atoms. The number of esters is 1. The zero-order valence-electron chi connectivity index (χ0n) is 15.5. The van der Waals surface area contributed by atoms with Gasteiger partial charge in [0.2, 0.25) is 5.88 Å². The Morgan fingerprint density at radius 2 is 2.19 bits per heavy atom. The minimum atomic E-state index is -1.28. The van der Waals surface area contributed by atoms with Crippen LogP contribution in [0, 0.1) is 0 Å². The molecule has 2 unspecified atom stereocenters. The Morgan fingerprint density at radius 3 is 2.92 bits per heavy atom. The fourth-order valence-electron chi connectivity index (χ4n) is 2.75. The third kappa shape index (κ3) is 3.48. The number of aromatic nitrogens is 4. The minimum absolute atomic E-state index is 0.266. The largest absolute Gasteiger partial charge is 0.479 e. The molecule has 10 heteroatoms. The Hall–Kier alpha value is -2.30. The molecule has 0 amide bonds. The van der Waals surface area contributed by atoms with E-state index < -0.39 is 36.9 Å². The van der Waals surface area contributed by atoms with E-state index in [2.05, 4.69) is 15.0 Å². The van der Waals surface area contributed by atoms with Crippen molar-refractivity contribution in [3.63, 3.8) is 0 Å². The van der Waals surface area contributed by atoms with Gasteiger partial charge in [0, 0.05) is 7.77 Å². The van der Waals surface area contributed by atoms with Crippen molar-refractivity contribution < 1.29 is 30.6 Å². The standard InChI is InChI=1S/C16H22N4O6/c1-3-4-5-10(21)25-6-9-12(22)13(23)16(26-9)20-8-19-11-14(20)17-7-18-15(11)24-2/h7-9,12-13,16,22-23H,3-6H2,1-2H3/t9-,12-,13+,16?/m1/s1/i5D/t5?,9-,12-,13+,16?. The second-order valence-corrected chi connectivity index (χ2v) is 5.88. The molecule has 10 nitrogen and oxygen atoms in total. The smallest absolute Gasteiger partial charge is 0.305 e. The number of aliphatic hydroxyl groups excluding tert-OH is 2. The summed E-state index contributed by atoms with van der Waals surface area (Å²) in [5.41, 5.74) is 0.752. The normalized spacial score (nSPS) is 27.3. The van der Waals surface area contributed by atoms with Crippen molar-refractivity contribution in [3.8, 4) is 5.88 Å². The topological polar surface area (TPSA) is 129 Å². The van der Waals surface area contributed by atoms with E-state index in [9.17, 15) is 15.0 Å². The van der Waals surface area contributed by atoms with Gasteiger partial charge in [0.25, 0.3) is 0 Å². The Morgan fingerprint density at radius 1 is 1.38 bits per heavy atom. The van der Waals surface area contributed by atoms with E-state index in [0.29, 0.717) is 24.0 Å². The third-order valence-electron chi connectivity index (χ3n) is 4.12. The number of nitrogens with zero attached hydrogens (tertiary/aromatic N) is 4. The predicted octanol–water partition coefficient (Wildman–Crippen LogP) is 0.187. The fraction of sp³-hybridized carbons (Fsp3) is 0.625. The molecule has 1 fully saturated rings. The van der Waals surface area contributed by atoms with Crippen molar-refractivity contribution in [1.29, 1.82) is 0 Å². The number of ether oxygens (including phenoxy) is 3. The first-order valence-electron chi connectivity index (χ1n) is 8.87. The molecule has 2 aromatic rings. The molecule has 5 atom stereocenters. The molecule has 2 aromatic heterocycles. The molecular formula is C16H22N4O6. The van der Waals surface area contributed by atoms with Crippen LogP contribution in [0.25, 0.3) is 11.2 Å². The minimum Gasteiger partial charge on any atom is -0.479 e. The maximum absolute atomic E-state index is 11.8. The molecular weight excluding hydrogens is 344 g/mol. The van der Waals surface area contributed by atoms with Crippen LogP contribution >= 0.6 is 0 Å². The third-order valence-corrected chi connectivity index (χ3v) is 4.12. The van der Waals surface area contributed by atoms with Gasteiger partial charge in [-0.1, -0.05) is 13.3 Å². The van der Waals surface area contributed by atoms with Gasteiger partial charge in [-0.25, -0.2) is 9.97 Å². The summed E-state index contributed by atoms with van der Waals surface area (Å²) in [6.45, 7) is 1.60. The molecule has 0 aromatic carbocycles. The lowest BCUT2D eigenvalue weighted by Gasteiger charge is -2.16. The number of carbonyl (C=O) groups is 1. The van der Waals surface area contributed by atoms with E-state index in [1.165, 1.54) is 24.3 Å². The summed E-state index contributed by atoms with van der Waals surface area (Å²) in [4.78, 5) is 24.0. The molecule has 142 valence electrons. The van der Waals surface area contributed by atoms with Crippen molar-refractivity contribution in [2.24, 2.45) is 0 Å². The van der Waals surface area contributed by atoms with Crippen LogP contribution in [0.4, 0.5) is 0 Å². The van der Waals surface area contributed by atoms with Crippen LogP contribution in [0.2, 0.25) is 0 Å². The van der Waals surface area contributed by atoms with Gasteiger partial charge in [0.15, 0.2) is 17.4 Å². The number of rotatable bonds is 7. The van der Waals surface area contributed by atoms with Crippen LogP contribution in [-0.2, 0) is 14.3 Å². The van der Waals surface area contributed by atoms with Gasteiger partial charge in [0.1, 0.15) is 31.2 Å². The maximum Gasteiger partial charge on any atom is 0.305 e. The second kappa shape index (κ2) is 7.94. The summed E-state index contributed by atoms with van der Waals surface area (Å²) in [5, 5.41) is 20.6. The van der Waals surface area contributed by atoms with Crippen LogP contribution < -0.4 is 4.74 Å². The van der Waals surface area contributed by atoms with E-state index >= 15 is 0 Å². The van der Waals surface area contributed by atoms with Gasteiger partial charge in [-0.2, -0.15) is 4.98 Å². The van der Waals surface area contributed by atoms with E-state index in [-0.39, 0.29) is 12.5 Å². The van der Waals surface area contributed by atoms with E-state index in [0.717, 1.165) is 0 Å². The van der Waals surface area contributed by atoms with Gasteiger partial charge in [-0.15, -0.1) is 0 Å². The number of hydrogen-bond acceptors (Lipinski definition) is 9. The molecule has 0 radical (unpaired) electrons. The average Bonchev–Trinajstić information content (AvgIpc) is 3.21. The SMILES string of the molecule is [2H]C(CCC)C(=O)OC[C@H]1OC(n2cnc3c(OC)ncnc32)[C@@H](O)[C@@H]1O. The van der Waals surface area contributed by atoms with Crippen molar-refractivity contribution in [3.05, 3.63) is 12.7 Å². The van der Waals surface area contributed by atoms with E-state index in [4.69, 9.17) is 15.6 Å². The lowest BCUT2D eigenvalue weighted by Crippen LogP contribution is -2.34. The number of carbonyl (C=O) groups excluding carboxylic acids is 1. The first-order chi connectivity index (χ1) is 13.0. The maximum atomic E-state index is 11.8. The van der Waals surface area contributed by atoms with E-state index in [1.54, 1.807) is 0 Å². The molecule has 26 heavy (non-hydrogen) atoms. The van der Waals surface area contributed by atoms with Crippen LogP contribution in [-0.4, -0.2) is 67.7 Å². The number of imidazole rings is 1. The molecule has 1 saturated heterocycles. The number of hydrogen-bond donors (Lipinski definition) is 2. The van der Waals surface area contributed by atoms with Crippen LogP contribution in [0.1, 0.15) is 33.8 Å². The summed E-state index contributed by atoms with van der Waals surface area (Å²) < 4.78 is 25.0. The highest BCUT2D eigenvalue weighted by Crippen LogP contribution is 2.32. The fourth-order valence-corrected chi connectivity index (χ4v) is 2.75. The average molecular weight is 367 g/mol. The predicted molar refractivity (Wildman–Crippen MR) is 88.3 cm³/mol. The number of aliphatic hydroxyl groups is 2. The first kappa shape index (κ1) is 17.1. The first-order valence-corrected chi connectivity index (χ1v) is 8.29. The van der Waals surface area contributed by atoms with Crippen LogP contribution in [0.3, 0.4) is 0 Å². The summed E-state index contributed by atoms with van der Waals surface area (Å²) in [6.07, 6.45) is -1.69. The van der Waals surface area contributed by atoms with Crippen molar-refractivity contribution in [2.45, 2.75) is 50.7 Å². The molecule has 1 aliphatic rings. The van der Waals surface area contributed by atoms with Crippen LogP contribution in [0.15, 0.2) is 12.7 Å². The molecule has 0 aliphatic carbocycles. The summed E-state index contributed by atoms with van der Waals surface area (Å²) in [6, 6.07) is 0. The molecule has 0 bridgehead atoms. The van der Waals surface area contributed by atoms with Gasteiger partial charge in [-0.05, 0) is 6.42 Å². The summed E-state index contributed by atoms with van der Waals surface area (Å²) >= 11 is 0. The highest BCUT2D eigenvalue weighted by molar-refractivity contribution is 5.76. The monoisotopic (exact) mass is 367 g/mol. The van der Waals surface area contributed by atoms with E-state index in [1.807, 2.05) is 6.92 Å². The quantitative estimate of drug-likeness (QED) is 0.659. The van der Waals surface area contributed by atoms with Gasteiger partial charge in [-0.3, -0.25) is 9.36 Å². The molecule has 0 saturated carbocycles. The zero-order chi connectivity index (χ0) is 19.6. The number of fused-ring (bicyclic) bond motifs is 1. The summed E-state index contributed by atoms with van der Waals surface area (Å²) in [5.74, 6) is -0.411. The lowest BCUT2D eigenvalue weighted by atomic mass is 10.1. The molecule has 2 N–H and O–H groups in total. The Bertz CT molecular complexity index is 802. The highest BCUT2D eigenvalue weighted by atomic mass is 16.6. The zero-order valence-corrected chi connectivity index (χ0v) is 14.5. The molecule has 3 heterocycles. The summed E-state index contributed by atoms with van der Waals surface area (Å²) in [7, 11) is 1.45. The van der Waals surface area contributed by atoms with Gasteiger partial charge >= 0.3 is 5.97 Å². The van der Waals surface area contributed by atoms with Crippen molar-refractivity contribution in [2.75, 3.05) is 13.7 Å². The lowest BCUT2D eigenvalue weighted by molar-refractivity contribution is -0.150. The highest BCUT2D eigenvalue weighted by Gasteiger charge is 2.45. The second-order valence-electron chi connectivity index (χ2n) is 5.88. The van der Waals surface area contributed by atoms with Gasteiger partial charge < -0.3 is 24.4 Å². The molecule has 3 rings (SSSR count). The Balaban J connectivity index is 1.73. The van der Waals surface area contributed by atoms with Crippen LogP contribution in [0.5, 0.6) is 5.88 Å². The Kier molecular flexibility index (Phi) is 5.23. The Labute approximate surface area is 151 Å².